The standard InChI is InChI=1S/C14H18N2O5.HI/c1-3-20-12(17)6-7-13(18)21-10-15-14(19)11-5-4-8-16(2)9-11;/h4-5,8-9H,3,6-7,10H2,1-2H3;1H. The molecule has 0 saturated carbocycles. The number of halogens is 1. The van der Waals surface area contributed by atoms with E-state index >= 15 is 0 Å². The molecule has 22 heavy (non-hydrogen) atoms. The number of ether oxygens (including phenoxy) is 2. The van der Waals surface area contributed by atoms with E-state index in [2.05, 4.69) is 10.1 Å². The van der Waals surface area contributed by atoms with Crippen molar-refractivity contribution in [3.8, 4) is 0 Å². The number of nitrogens with zero attached hydrogens (tertiary/aromatic N) is 1. The number of pyridine rings is 1. The topological polar surface area (TPSA) is 85.6 Å². The highest BCUT2D eigenvalue weighted by atomic mass is 127. The van der Waals surface area contributed by atoms with Gasteiger partial charge >= 0.3 is 11.9 Å². The number of hydrogen-bond acceptors (Lipinski definition) is 5. The number of carbonyl (C=O) groups is 3. The summed E-state index contributed by atoms with van der Waals surface area (Å²) in [5, 5.41) is 2.46. The SMILES string of the molecule is CCOC(=O)CCC(=O)OCNC(=O)c1ccc[n+](C)c1.[I-]. The molecule has 0 atom stereocenters. The number of esters is 2. The van der Waals surface area contributed by atoms with E-state index in [1.807, 2.05) is 0 Å². The molecule has 1 amide bonds. The molecule has 1 aromatic heterocycles. The van der Waals surface area contributed by atoms with E-state index in [9.17, 15) is 14.4 Å². The van der Waals surface area contributed by atoms with Gasteiger partial charge in [-0.05, 0) is 13.0 Å². The summed E-state index contributed by atoms with van der Waals surface area (Å²) in [5.41, 5.74) is 0.461. The van der Waals surface area contributed by atoms with E-state index in [0.29, 0.717) is 5.56 Å². The molecular formula is C14H19IN2O5. The molecule has 0 bridgehead atoms. The fourth-order valence-electron chi connectivity index (χ4n) is 1.52. The number of rotatable bonds is 7. The Labute approximate surface area is 146 Å². The molecule has 1 heterocycles. The second-order valence-electron chi connectivity index (χ2n) is 4.23. The van der Waals surface area contributed by atoms with Gasteiger partial charge in [0.2, 0.25) is 0 Å². The number of amides is 1. The fraction of sp³-hybridized carbons (Fsp3) is 0.429. The number of nitrogens with one attached hydrogen (secondary N) is 1. The first kappa shape index (κ1) is 20.3. The molecule has 122 valence electrons. The first-order chi connectivity index (χ1) is 10.0. The average Bonchev–Trinajstić information content (AvgIpc) is 2.45. The molecule has 1 aromatic rings. The van der Waals surface area contributed by atoms with Crippen molar-refractivity contribution in [2.75, 3.05) is 13.3 Å². The van der Waals surface area contributed by atoms with Gasteiger partial charge in [-0.2, -0.15) is 0 Å². The molecular weight excluding hydrogens is 403 g/mol. The Kier molecular flexibility index (Phi) is 10.1. The van der Waals surface area contributed by atoms with Crippen LogP contribution >= 0.6 is 0 Å². The lowest BCUT2D eigenvalue weighted by Gasteiger charge is -2.06. The molecule has 0 aromatic carbocycles. The summed E-state index contributed by atoms with van der Waals surface area (Å²) in [4.78, 5) is 34.1. The van der Waals surface area contributed by atoms with Gasteiger partial charge in [-0.1, -0.05) is 0 Å². The van der Waals surface area contributed by atoms with Crippen LogP contribution in [0.15, 0.2) is 24.5 Å². The van der Waals surface area contributed by atoms with Crippen molar-refractivity contribution in [3.05, 3.63) is 30.1 Å². The van der Waals surface area contributed by atoms with E-state index in [-0.39, 0.29) is 56.1 Å². The summed E-state index contributed by atoms with van der Waals surface area (Å²) in [6, 6.07) is 3.39. The van der Waals surface area contributed by atoms with Gasteiger partial charge in [0.15, 0.2) is 19.1 Å². The molecule has 0 saturated heterocycles. The lowest BCUT2D eigenvalue weighted by Crippen LogP contribution is -3.00. The normalized spacial score (nSPS) is 9.36. The summed E-state index contributed by atoms with van der Waals surface area (Å²) in [6.45, 7) is 1.73. The third kappa shape index (κ3) is 7.91. The molecule has 0 aliphatic heterocycles. The van der Waals surface area contributed by atoms with Gasteiger partial charge in [-0.25, -0.2) is 4.57 Å². The third-order valence-corrected chi connectivity index (χ3v) is 2.51. The van der Waals surface area contributed by atoms with E-state index in [0.717, 1.165) is 0 Å². The average molecular weight is 422 g/mol. The highest BCUT2D eigenvalue weighted by molar-refractivity contribution is 5.93. The fourth-order valence-corrected chi connectivity index (χ4v) is 1.52. The number of aryl methyl sites for hydroxylation is 1. The van der Waals surface area contributed by atoms with Crippen LogP contribution in [0.2, 0.25) is 0 Å². The van der Waals surface area contributed by atoms with Gasteiger partial charge in [-0.15, -0.1) is 0 Å². The first-order valence-electron chi connectivity index (χ1n) is 6.57. The molecule has 0 radical (unpaired) electrons. The maximum atomic E-state index is 11.7. The van der Waals surface area contributed by atoms with Crippen LogP contribution in [0.25, 0.3) is 0 Å². The van der Waals surface area contributed by atoms with Crippen LogP contribution in [0.3, 0.4) is 0 Å². The van der Waals surface area contributed by atoms with Gasteiger partial charge in [0.05, 0.1) is 19.4 Å². The summed E-state index contributed by atoms with van der Waals surface area (Å²) >= 11 is 0. The van der Waals surface area contributed by atoms with E-state index < -0.39 is 11.9 Å². The second-order valence-corrected chi connectivity index (χ2v) is 4.23. The Morgan fingerprint density at radius 2 is 1.82 bits per heavy atom. The van der Waals surface area contributed by atoms with Crippen molar-refractivity contribution >= 4 is 17.8 Å². The lowest BCUT2D eigenvalue weighted by atomic mass is 10.3. The zero-order valence-electron chi connectivity index (χ0n) is 12.5. The molecule has 1 N–H and O–H groups in total. The van der Waals surface area contributed by atoms with Crippen LogP contribution in [0.4, 0.5) is 0 Å². The Bertz CT molecular complexity index is 522. The molecule has 0 aliphatic carbocycles. The van der Waals surface area contributed by atoms with Crippen molar-refractivity contribution in [2.24, 2.45) is 7.05 Å². The van der Waals surface area contributed by atoms with E-state index in [4.69, 9.17) is 4.74 Å². The molecule has 7 nitrogen and oxygen atoms in total. The van der Waals surface area contributed by atoms with Crippen molar-refractivity contribution < 1.29 is 52.4 Å². The van der Waals surface area contributed by atoms with Crippen molar-refractivity contribution in [1.82, 2.24) is 5.32 Å². The van der Waals surface area contributed by atoms with Crippen LogP contribution in [-0.2, 0) is 26.1 Å². The summed E-state index contributed by atoms with van der Waals surface area (Å²) in [6.07, 6.45) is 3.34. The third-order valence-electron chi connectivity index (χ3n) is 2.51. The Balaban J connectivity index is 0.00000441. The highest BCUT2D eigenvalue weighted by Crippen LogP contribution is 1.96. The van der Waals surface area contributed by atoms with Gasteiger partial charge in [0.25, 0.3) is 5.91 Å². The maximum Gasteiger partial charge on any atom is 0.308 e. The molecule has 1 rings (SSSR count). The number of aromatic nitrogens is 1. The molecule has 0 spiro atoms. The quantitative estimate of drug-likeness (QED) is 0.221. The van der Waals surface area contributed by atoms with Crippen LogP contribution in [-0.4, -0.2) is 31.2 Å². The van der Waals surface area contributed by atoms with Crippen LogP contribution in [0.5, 0.6) is 0 Å². The van der Waals surface area contributed by atoms with E-state index in [1.54, 1.807) is 43.1 Å². The summed E-state index contributed by atoms with van der Waals surface area (Å²) in [5.74, 6) is -1.36. The molecule has 0 aliphatic rings. The summed E-state index contributed by atoms with van der Waals surface area (Å²) < 4.78 is 11.2. The Hall–Kier alpha value is -1.71. The number of carbonyl (C=O) groups excluding carboxylic acids is 3. The lowest BCUT2D eigenvalue weighted by molar-refractivity contribution is -0.671. The predicted octanol–water partition coefficient (Wildman–Crippen LogP) is -2.91. The maximum absolute atomic E-state index is 11.7. The minimum absolute atomic E-state index is 0. The van der Waals surface area contributed by atoms with Crippen LogP contribution < -0.4 is 33.9 Å². The molecule has 0 unspecified atom stereocenters. The first-order valence-corrected chi connectivity index (χ1v) is 6.57. The smallest absolute Gasteiger partial charge is 0.308 e. The molecule has 8 heteroatoms. The van der Waals surface area contributed by atoms with Crippen molar-refractivity contribution in [3.63, 3.8) is 0 Å². The van der Waals surface area contributed by atoms with Gasteiger partial charge in [-0.3, -0.25) is 14.4 Å². The van der Waals surface area contributed by atoms with Gasteiger partial charge in [0, 0.05) is 6.07 Å². The monoisotopic (exact) mass is 422 g/mol. The zero-order chi connectivity index (χ0) is 15.7. The zero-order valence-corrected chi connectivity index (χ0v) is 14.7. The van der Waals surface area contributed by atoms with Gasteiger partial charge in [0.1, 0.15) is 12.6 Å². The largest absolute Gasteiger partial charge is 1.00 e. The molecule has 0 fully saturated rings. The van der Waals surface area contributed by atoms with Crippen molar-refractivity contribution in [2.45, 2.75) is 19.8 Å². The Morgan fingerprint density at radius 1 is 1.18 bits per heavy atom. The summed E-state index contributed by atoms with van der Waals surface area (Å²) in [7, 11) is 1.80. The minimum atomic E-state index is -0.568. The second kappa shape index (κ2) is 10.9. The van der Waals surface area contributed by atoms with Gasteiger partial charge < -0.3 is 38.8 Å². The predicted molar refractivity (Wildman–Crippen MR) is 71.9 cm³/mol. The van der Waals surface area contributed by atoms with Crippen molar-refractivity contribution in [1.29, 1.82) is 0 Å². The number of hydrogen-bond donors (Lipinski definition) is 1. The Morgan fingerprint density at radius 3 is 2.41 bits per heavy atom. The van der Waals surface area contributed by atoms with Crippen LogP contribution in [0, 0.1) is 0 Å². The van der Waals surface area contributed by atoms with E-state index in [1.165, 1.54) is 0 Å². The van der Waals surface area contributed by atoms with Crippen LogP contribution in [0.1, 0.15) is 30.1 Å². The highest BCUT2D eigenvalue weighted by Gasteiger charge is 2.11. The minimum Gasteiger partial charge on any atom is -1.00 e.